The van der Waals surface area contributed by atoms with E-state index < -0.39 is 52.6 Å². The number of carboxylic acid groups (broad SMARTS) is 1. The summed E-state index contributed by atoms with van der Waals surface area (Å²) in [6.07, 6.45) is 0.140. The van der Waals surface area contributed by atoms with Crippen molar-refractivity contribution in [1.29, 1.82) is 0 Å². The monoisotopic (exact) mass is 1870 g/mol. The normalized spacial score (nSPS) is 10.1. The summed E-state index contributed by atoms with van der Waals surface area (Å²) in [7, 11) is 0. The number of aliphatic hydroxyl groups is 1. The number of benzene rings is 3. The van der Waals surface area contributed by atoms with Crippen LogP contribution in [0.3, 0.4) is 0 Å². The van der Waals surface area contributed by atoms with Gasteiger partial charge >= 0.3 is 61.0 Å². The predicted octanol–water partition coefficient (Wildman–Crippen LogP) is 8.76. The van der Waals surface area contributed by atoms with Crippen LogP contribution < -0.4 is 67.5 Å². The smallest absolute Gasteiger partial charge is 0.870 e. The number of nitrogens with zero attached hydrogens (tertiary/aromatic N) is 2. The maximum absolute atomic E-state index is 11.6. The number of thiophene rings is 2. The Hall–Kier alpha value is -8.99. The second-order valence-electron chi connectivity index (χ2n) is 27.4. The summed E-state index contributed by atoms with van der Waals surface area (Å²) in [5, 5.41) is 40.1. The number of esters is 3. The van der Waals surface area contributed by atoms with E-state index in [1.165, 1.54) is 22.3 Å². The van der Waals surface area contributed by atoms with Crippen LogP contribution in [0.4, 0.5) is 37.4 Å². The second-order valence-corrected chi connectivity index (χ2v) is 30.7. The van der Waals surface area contributed by atoms with Gasteiger partial charge in [0.05, 0.1) is 51.1 Å². The van der Waals surface area contributed by atoms with Gasteiger partial charge in [0.2, 0.25) is 23.7 Å². The first-order chi connectivity index (χ1) is 57.1. The molecule has 123 heavy (non-hydrogen) atoms. The summed E-state index contributed by atoms with van der Waals surface area (Å²) >= 11 is 17.0. The molecule has 6 rings (SSSR count). The number of aliphatic carboxylic acids is 1. The molecule has 3 aromatic carbocycles. The van der Waals surface area contributed by atoms with Gasteiger partial charge in [-0.25, -0.2) is 33.9 Å². The number of carbonyl (C=O) groups excluding carboxylic acids is 10. The molecular weight excluding hydrogens is 1750 g/mol. The van der Waals surface area contributed by atoms with Crippen molar-refractivity contribution < 1.29 is 139 Å². The van der Waals surface area contributed by atoms with Gasteiger partial charge in [-0.15, -0.1) is 22.7 Å². The Bertz CT molecular complexity index is 3700. The molecule has 0 radical (unpaired) electrons. The Morgan fingerprint density at radius 3 is 1.22 bits per heavy atom. The van der Waals surface area contributed by atoms with Gasteiger partial charge in [0.25, 0.3) is 0 Å². The van der Waals surface area contributed by atoms with Crippen molar-refractivity contribution >= 4 is 151 Å². The fourth-order valence-corrected chi connectivity index (χ4v) is 9.05. The number of para-hydroxylation sites is 3. The number of anilines is 4. The molecule has 3 heterocycles. The van der Waals surface area contributed by atoms with Gasteiger partial charge in [0.1, 0.15) is 71.1 Å². The minimum atomic E-state index is -1.03. The third kappa shape index (κ3) is 89.1. The number of nitrogen functional groups attached to an aromatic ring is 1. The summed E-state index contributed by atoms with van der Waals surface area (Å²) in [5.74, 6) is -2.32. The number of aldehydes is 1. The molecular formula is C81H123BrCl2LiN11O25S2. The average molecular weight is 1870 g/mol. The number of nitrogens with two attached hydrogens (primary N) is 2. The number of ether oxygens (including phenoxy) is 11. The van der Waals surface area contributed by atoms with Crippen LogP contribution in [0.2, 0.25) is 10.3 Å². The van der Waals surface area contributed by atoms with E-state index >= 15 is 0 Å². The van der Waals surface area contributed by atoms with Gasteiger partial charge in [0, 0.05) is 80.3 Å². The Morgan fingerprint density at radius 2 is 0.878 bits per heavy atom. The number of aliphatic hydroxyl groups excluding tert-OH is 1. The van der Waals surface area contributed by atoms with Gasteiger partial charge in [-0.1, -0.05) is 106 Å². The Labute approximate surface area is 758 Å². The van der Waals surface area contributed by atoms with Crippen LogP contribution in [-0.4, -0.2) is 238 Å². The average Bonchev–Trinajstić information content (AvgIpc) is 1.05. The van der Waals surface area contributed by atoms with Crippen molar-refractivity contribution in [3.63, 3.8) is 0 Å². The van der Waals surface area contributed by atoms with E-state index in [0.29, 0.717) is 51.3 Å². The SMILES string of the molecule is CC(C)(C)OC(=O)CCCOCC(=O)Nc1ccccc1.CC(C)(C)OC(=O)NCCO.CC(C)(C)OC(=O)NCCOCC(=O)O.CCOC(=O)CBr.CCOC(=O)COCCNC(=O)OC(C)(C)C.NCCOCC(=O)Nc1ccccc1.Nc1nc(Cl)cc(Cl)n1.O=C(COCCNCc1cccs1)Nc1ccccc1.O=Cc1cccs1.[Li+].[OH-]. The third-order valence-corrected chi connectivity index (χ3v) is 14.2. The van der Waals surface area contributed by atoms with E-state index in [9.17, 15) is 52.7 Å². The fourth-order valence-electron chi connectivity index (χ4n) is 7.25. The molecule has 36 nitrogen and oxygen atoms in total. The molecule has 0 saturated carbocycles. The zero-order valence-corrected chi connectivity index (χ0v) is 77.4. The third-order valence-electron chi connectivity index (χ3n) is 11.6. The number of alkyl halides is 1. The van der Waals surface area contributed by atoms with Crippen molar-refractivity contribution in [2.75, 3.05) is 146 Å². The molecule has 0 aliphatic rings. The molecule has 0 unspecified atom stereocenters. The van der Waals surface area contributed by atoms with Crippen molar-refractivity contribution in [3.8, 4) is 0 Å². The Morgan fingerprint density at radius 1 is 0.496 bits per heavy atom. The van der Waals surface area contributed by atoms with Crippen LogP contribution in [0.1, 0.15) is 124 Å². The molecule has 0 aliphatic carbocycles. The number of carboxylic acids is 1. The molecule has 42 heteroatoms. The van der Waals surface area contributed by atoms with Crippen molar-refractivity contribution in [2.24, 2.45) is 5.73 Å². The molecule has 14 N–H and O–H groups in total. The minimum absolute atomic E-state index is 0. The van der Waals surface area contributed by atoms with Crippen LogP contribution in [0.5, 0.6) is 0 Å². The first kappa shape index (κ1) is 123. The Balaban J connectivity index is -0.000000432. The van der Waals surface area contributed by atoms with E-state index in [2.05, 4.69) is 84.0 Å². The number of aromatic nitrogens is 2. The van der Waals surface area contributed by atoms with E-state index in [1.54, 1.807) is 106 Å². The predicted molar refractivity (Wildman–Crippen MR) is 472 cm³/mol. The maximum Gasteiger partial charge on any atom is 1.00 e. The van der Waals surface area contributed by atoms with Crippen LogP contribution in [0, 0.1) is 0 Å². The van der Waals surface area contributed by atoms with E-state index in [0.717, 1.165) is 41.3 Å². The maximum atomic E-state index is 11.6. The summed E-state index contributed by atoms with van der Waals surface area (Å²) < 4.78 is 54.4. The molecule has 0 spiro atoms. The van der Waals surface area contributed by atoms with Crippen LogP contribution in [0.25, 0.3) is 0 Å². The quantitative estimate of drug-likeness (QED) is 0.00333. The molecule has 6 aromatic rings. The number of alkyl carbamates (subject to hydrolysis) is 3. The Kier molecular flexibility index (Phi) is 76.3. The van der Waals surface area contributed by atoms with Crippen LogP contribution in [0.15, 0.2) is 132 Å². The number of halogens is 3. The topological polar surface area (TPSA) is 522 Å². The first-order valence-corrected chi connectivity index (χ1v) is 41.3. The number of hydrogen-bond donors (Lipinski definition) is 11. The largest absolute Gasteiger partial charge is 1.00 e. The molecule has 0 aliphatic heterocycles. The van der Waals surface area contributed by atoms with E-state index in [1.807, 2.05) is 117 Å². The van der Waals surface area contributed by atoms with E-state index in [-0.39, 0.29) is 149 Å². The zero-order chi connectivity index (χ0) is 91.8. The zero-order valence-electron chi connectivity index (χ0n) is 72.7. The number of nitrogens with one attached hydrogen (secondary N) is 7. The molecule has 6 amide bonds. The second kappa shape index (κ2) is 76.6. The summed E-state index contributed by atoms with van der Waals surface area (Å²) in [6, 6.07) is 37.0. The fraction of sp³-hybridized carbons (Fsp3) is 0.494. The van der Waals surface area contributed by atoms with Crippen LogP contribution >= 0.6 is 61.8 Å². The molecule has 0 fully saturated rings. The summed E-state index contributed by atoms with van der Waals surface area (Å²) in [4.78, 5) is 129. The minimum Gasteiger partial charge on any atom is -0.870 e. The molecule has 0 saturated heterocycles. The summed E-state index contributed by atoms with van der Waals surface area (Å²) in [5.41, 5.74) is 10.7. The van der Waals surface area contributed by atoms with Gasteiger partial charge in [-0.05, 0) is 163 Å². The molecule has 3 aromatic heterocycles. The van der Waals surface area contributed by atoms with E-state index in [4.69, 9.17) is 87.5 Å². The van der Waals surface area contributed by atoms with Crippen molar-refractivity contribution in [3.05, 3.63) is 152 Å². The standard InChI is InChI=1S/C16H23NO4.C15H18N2O2S.C11H21NO5.C10H14N2O2.C9H17NO5.C7H15NO3.C5H4OS.C4H7BrO2.C4H3Cl2N3.Li.H2O/c1-16(2,3)21-15(19)10-7-11-20-12-14(18)17-13-8-5-4-6-9-13;18-15(17-13-5-2-1-3-6-13)12-19-9-8-16-11-14-7-4-10-20-14;1-5-16-9(13)8-15-7-6-12-10(14)17-11(2,3)4;11-6-7-14-8-10(13)12-9-4-2-1-3-5-9;1-9(2,3)15-8(13)10-4-5-14-6-7(11)12;1-7(2,3)11-6(10)8-4-5-9;6-4-5-2-1-3-7-5;1-2-7-4(6)3-5;5-2-1-3(6)9-4(7)8-2;;/h4-6,8-9H,7,10-12H2,1-3H3,(H,17,18);1-7,10,16H,8-9,11-12H2,(H,17,18);5-8H2,1-4H3,(H,12,14);1-5H,6-8,11H2,(H,12,13);4-6H2,1-3H3,(H,10,13)(H,11,12);9H,4-5H2,1-3H3,(H,8,10);1-4H;2-3H2,1H3;1H,(H2,7,8,9);;1H2/q;;;;;;;;;+1;/p-1. The van der Waals surface area contributed by atoms with Gasteiger partial charge in [-0.2, -0.15) is 0 Å². The molecule has 686 valence electrons. The van der Waals surface area contributed by atoms with Gasteiger partial charge < -0.3 is 116 Å². The summed E-state index contributed by atoms with van der Waals surface area (Å²) in [6.45, 7) is 29.7. The number of rotatable bonds is 36. The van der Waals surface area contributed by atoms with Crippen molar-refractivity contribution in [1.82, 2.24) is 31.2 Å². The molecule has 0 atom stereocenters. The van der Waals surface area contributed by atoms with Crippen LogP contribution in [-0.2, 0) is 92.2 Å². The number of amides is 6. The number of hydrogen-bond acceptors (Lipinski definition) is 31. The van der Waals surface area contributed by atoms with Gasteiger partial charge in [-0.3, -0.25) is 28.8 Å². The molecule has 0 bridgehead atoms. The van der Waals surface area contributed by atoms with Crippen molar-refractivity contribution in [2.45, 2.75) is 139 Å². The van der Waals surface area contributed by atoms with Gasteiger partial charge in [0.15, 0.2) is 6.29 Å². The first-order valence-electron chi connectivity index (χ1n) is 37.7. The number of carbonyl (C=O) groups is 11.